The summed E-state index contributed by atoms with van der Waals surface area (Å²) in [6.45, 7) is 3.13. The van der Waals surface area contributed by atoms with Crippen molar-refractivity contribution in [2.75, 3.05) is 0 Å². The van der Waals surface area contributed by atoms with Crippen LogP contribution in [0.15, 0.2) is 12.1 Å². The predicted molar refractivity (Wildman–Crippen MR) is 56.0 cm³/mol. The normalized spacial score (nSPS) is 9.73. The minimum atomic E-state index is -1.15. The average molecular weight is 206 g/mol. The second-order valence-electron chi connectivity index (χ2n) is 3.06. The third-order valence-electron chi connectivity index (χ3n) is 2.16. The molecule has 6 heteroatoms. The van der Waals surface area contributed by atoms with Gasteiger partial charge in [0.05, 0.1) is 10.5 Å². The molecule has 0 aliphatic carbocycles. The smallest absolute Gasteiger partial charge is 0.336 e. The Morgan fingerprint density at radius 1 is 1.53 bits per heavy atom. The molecule has 0 bridgehead atoms. The van der Waals surface area contributed by atoms with Gasteiger partial charge < -0.3 is 5.11 Å². The van der Waals surface area contributed by atoms with Gasteiger partial charge in [-0.3, -0.25) is 10.1 Å². The highest BCUT2D eigenvalue weighted by atomic mass is 16.6. The molecule has 0 amide bonds. The molecule has 1 aromatic carbocycles. The van der Waals surface area contributed by atoms with E-state index in [2.05, 4.69) is 0 Å². The van der Waals surface area contributed by atoms with Crippen LogP contribution in [-0.2, 0) is 0 Å². The number of carbonyl (C=O) groups is 1. The van der Waals surface area contributed by atoms with Gasteiger partial charge in [0.2, 0.25) is 0 Å². The molecule has 15 heavy (non-hydrogen) atoms. The van der Waals surface area contributed by atoms with Crippen molar-refractivity contribution in [1.82, 2.24) is 0 Å². The van der Waals surface area contributed by atoms with Gasteiger partial charge in [-0.2, -0.15) is 0 Å². The van der Waals surface area contributed by atoms with Crippen LogP contribution in [0.4, 0.5) is 5.69 Å². The van der Waals surface area contributed by atoms with Crippen LogP contribution >= 0.6 is 0 Å². The van der Waals surface area contributed by atoms with Gasteiger partial charge in [-0.25, -0.2) is 4.79 Å². The van der Waals surface area contributed by atoms with Gasteiger partial charge >= 0.3 is 5.97 Å². The Morgan fingerprint density at radius 2 is 2.13 bits per heavy atom. The van der Waals surface area contributed by atoms with E-state index in [0.717, 1.165) is 0 Å². The zero-order valence-electron chi connectivity index (χ0n) is 8.35. The Bertz CT molecular complexity index is 395. The molecule has 0 aliphatic heterocycles. The van der Waals surface area contributed by atoms with Crippen molar-refractivity contribution in [2.24, 2.45) is 0 Å². The van der Waals surface area contributed by atoms with E-state index in [4.69, 9.17) is 5.11 Å². The number of aromatic carboxylic acids is 1. The third-order valence-corrected chi connectivity index (χ3v) is 2.16. The first-order chi connectivity index (χ1) is 6.97. The summed E-state index contributed by atoms with van der Waals surface area (Å²) in [5, 5.41) is 19.5. The monoisotopic (exact) mass is 206 g/mol. The summed E-state index contributed by atoms with van der Waals surface area (Å²) >= 11 is 0. The van der Waals surface area contributed by atoms with E-state index in [1.807, 2.05) is 0 Å². The lowest BCUT2D eigenvalue weighted by Gasteiger charge is -2.04. The van der Waals surface area contributed by atoms with Gasteiger partial charge in [0, 0.05) is 11.6 Å². The molecule has 0 aliphatic rings. The second kappa shape index (κ2) is 4.12. The van der Waals surface area contributed by atoms with Crippen molar-refractivity contribution >= 4 is 24.4 Å². The summed E-state index contributed by atoms with van der Waals surface area (Å²) in [5.74, 6) is -1.15. The summed E-state index contributed by atoms with van der Waals surface area (Å²) in [5.41, 5.74) is 0.517. The minimum Gasteiger partial charge on any atom is -0.478 e. The molecule has 0 saturated carbocycles. The summed E-state index contributed by atoms with van der Waals surface area (Å²) in [6.07, 6.45) is 0. The molecule has 0 spiro atoms. The molecular weight excluding hydrogens is 197 g/mol. The first-order valence-corrected chi connectivity index (χ1v) is 4.29. The van der Waals surface area contributed by atoms with Crippen LogP contribution < -0.4 is 5.46 Å². The van der Waals surface area contributed by atoms with Crippen molar-refractivity contribution in [2.45, 2.75) is 13.7 Å². The van der Waals surface area contributed by atoms with Gasteiger partial charge in [-0.15, -0.1) is 0 Å². The molecule has 0 fully saturated rings. The van der Waals surface area contributed by atoms with Crippen molar-refractivity contribution < 1.29 is 14.8 Å². The van der Waals surface area contributed by atoms with E-state index in [1.165, 1.54) is 19.1 Å². The second-order valence-corrected chi connectivity index (χ2v) is 3.06. The van der Waals surface area contributed by atoms with Crippen molar-refractivity contribution in [3.05, 3.63) is 33.4 Å². The van der Waals surface area contributed by atoms with E-state index in [-0.39, 0.29) is 16.8 Å². The lowest BCUT2D eigenvalue weighted by molar-refractivity contribution is -0.385. The lowest BCUT2D eigenvalue weighted by atomic mass is 9.72. The molecule has 1 N–H and O–H groups in total. The molecular formula is C9H9BNO4. The fraction of sp³-hybridized carbons (Fsp3) is 0.222. The summed E-state index contributed by atoms with van der Waals surface area (Å²) < 4.78 is 0. The van der Waals surface area contributed by atoms with Crippen LogP contribution in [0.25, 0.3) is 0 Å². The van der Waals surface area contributed by atoms with Crippen molar-refractivity contribution in [3.8, 4) is 0 Å². The van der Waals surface area contributed by atoms with Gasteiger partial charge in [0.25, 0.3) is 5.69 Å². The number of nitro groups is 1. The number of hydrogen-bond acceptors (Lipinski definition) is 3. The molecule has 5 nitrogen and oxygen atoms in total. The van der Waals surface area contributed by atoms with Crippen LogP contribution in [0.5, 0.6) is 0 Å². The summed E-state index contributed by atoms with van der Waals surface area (Å²) in [6, 6.07) is 2.78. The molecule has 0 unspecified atom stereocenters. The first-order valence-electron chi connectivity index (χ1n) is 4.29. The number of carboxylic acid groups (broad SMARTS) is 1. The van der Waals surface area contributed by atoms with Crippen molar-refractivity contribution in [1.29, 1.82) is 0 Å². The topological polar surface area (TPSA) is 80.4 Å². The zero-order valence-corrected chi connectivity index (χ0v) is 8.35. The number of hydrogen-bond donors (Lipinski definition) is 1. The van der Waals surface area contributed by atoms with E-state index >= 15 is 0 Å². The van der Waals surface area contributed by atoms with Crippen LogP contribution in [0.1, 0.15) is 15.9 Å². The molecule has 1 aromatic rings. The standard InChI is InChI=1S/C9H9BNO4/c1-5-7(9(12)13)3-6(10-2)4-8(5)11(14)15/h3-4H,1-2H3,(H,12,13). The van der Waals surface area contributed by atoms with Crippen LogP contribution in [-0.4, -0.2) is 23.3 Å². The summed E-state index contributed by atoms with van der Waals surface area (Å²) in [7, 11) is 1.62. The van der Waals surface area contributed by atoms with Crippen molar-refractivity contribution in [3.63, 3.8) is 0 Å². The Balaban J connectivity index is 3.47. The summed E-state index contributed by atoms with van der Waals surface area (Å²) in [4.78, 5) is 20.9. The quantitative estimate of drug-likeness (QED) is 0.454. The Hall–Kier alpha value is -1.85. The Morgan fingerprint density at radius 3 is 2.53 bits per heavy atom. The Kier molecular flexibility index (Phi) is 3.09. The van der Waals surface area contributed by atoms with Gasteiger partial charge in [-0.1, -0.05) is 18.4 Å². The number of rotatable bonds is 3. The van der Waals surface area contributed by atoms with E-state index < -0.39 is 10.9 Å². The largest absolute Gasteiger partial charge is 0.478 e. The van der Waals surface area contributed by atoms with Gasteiger partial charge in [0.15, 0.2) is 0 Å². The number of nitrogens with zero attached hydrogens (tertiary/aromatic N) is 1. The van der Waals surface area contributed by atoms with Crippen LogP contribution in [0.2, 0.25) is 6.82 Å². The van der Waals surface area contributed by atoms with E-state index in [9.17, 15) is 14.9 Å². The molecule has 0 saturated heterocycles. The SMILES string of the molecule is C[B]c1cc(C(=O)O)c(C)c([N+](=O)[O-])c1. The van der Waals surface area contributed by atoms with E-state index in [1.54, 1.807) is 14.1 Å². The van der Waals surface area contributed by atoms with Gasteiger partial charge in [0.1, 0.15) is 7.28 Å². The molecule has 1 rings (SSSR count). The highest BCUT2D eigenvalue weighted by Gasteiger charge is 2.19. The molecule has 0 aromatic heterocycles. The maximum absolute atomic E-state index is 10.8. The number of carboxylic acids is 1. The highest BCUT2D eigenvalue weighted by molar-refractivity contribution is 6.52. The number of nitro benzene ring substituents is 1. The molecule has 77 valence electrons. The zero-order chi connectivity index (χ0) is 11.6. The Labute approximate surface area is 87.1 Å². The fourth-order valence-corrected chi connectivity index (χ4v) is 1.30. The van der Waals surface area contributed by atoms with Gasteiger partial charge in [-0.05, 0) is 6.92 Å². The van der Waals surface area contributed by atoms with E-state index in [0.29, 0.717) is 5.46 Å². The lowest BCUT2D eigenvalue weighted by Crippen LogP contribution is -2.16. The maximum atomic E-state index is 10.8. The average Bonchev–Trinajstić information content (AvgIpc) is 2.17. The van der Waals surface area contributed by atoms with Crippen LogP contribution in [0, 0.1) is 17.0 Å². The molecule has 1 radical (unpaired) electrons. The van der Waals surface area contributed by atoms with Crippen LogP contribution in [0.3, 0.4) is 0 Å². The third kappa shape index (κ3) is 2.15. The first kappa shape index (κ1) is 11.2. The number of benzene rings is 1. The molecule has 0 atom stereocenters. The predicted octanol–water partition coefficient (Wildman–Crippen LogP) is 0.979. The highest BCUT2D eigenvalue weighted by Crippen LogP contribution is 2.19. The fourth-order valence-electron chi connectivity index (χ4n) is 1.30. The molecule has 0 heterocycles. The maximum Gasteiger partial charge on any atom is 0.336 e. The minimum absolute atomic E-state index is 0.0303.